The number of allylic oxidation sites excluding steroid dienone is 1. The van der Waals surface area contributed by atoms with E-state index in [1.54, 1.807) is 6.07 Å². The van der Waals surface area contributed by atoms with Gasteiger partial charge >= 0.3 is 0 Å². The van der Waals surface area contributed by atoms with Crippen molar-refractivity contribution < 1.29 is 4.39 Å². The lowest BCUT2D eigenvalue weighted by atomic mass is 9.99. The summed E-state index contributed by atoms with van der Waals surface area (Å²) in [6.45, 7) is 1.96. The number of halogens is 3. The zero-order valence-electron chi connectivity index (χ0n) is 10.2. The summed E-state index contributed by atoms with van der Waals surface area (Å²) in [4.78, 5) is 0. The molecule has 1 N–H and O–H groups in total. The normalized spacial score (nSPS) is 21.0. The molecule has 1 aromatic carbocycles. The summed E-state index contributed by atoms with van der Waals surface area (Å²) < 4.78 is 13.5. The third-order valence-electron chi connectivity index (χ3n) is 3.27. The molecule has 0 spiro atoms. The summed E-state index contributed by atoms with van der Waals surface area (Å²) in [7, 11) is 0. The van der Waals surface area contributed by atoms with E-state index < -0.39 is 5.82 Å². The van der Waals surface area contributed by atoms with Gasteiger partial charge in [0.25, 0.3) is 0 Å². The minimum atomic E-state index is -0.423. The largest absolute Gasteiger partial charge is 0.307 e. The lowest BCUT2D eigenvalue weighted by molar-refractivity contribution is 0.425. The Balaban J connectivity index is 2.15. The second-order valence-electron chi connectivity index (χ2n) is 4.63. The summed E-state index contributed by atoms with van der Waals surface area (Å²) in [5, 5.41) is 4.08. The van der Waals surface area contributed by atoms with Gasteiger partial charge in [0.2, 0.25) is 0 Å². The summed E-state index contributed by atoms with van der Waals surface area (Å²) in [5.41, 5.74) is 0.646. The first-order valence-electron chi connectivity index (χ1n) is 6.14. The van der Waals surface area contributed by atoms with Crippen molar-refractivity contribution in [2.45, 2.75) is 38.3 Å². The van der Waals surface area contributed by atoms with Crippen LogP contribution in [-0.4, -0.2) is 6.04 Å². The van der Waals surface area contributed by atoms with E-state index in [9.17, 15) is 4.39 Å². The smallest absolute Gasteiger partial charge is 0.142 e. The molecular weight excluding hydrogens is 272 g/mol. The van der Waals surface area contributed by atoms with Crippen LogP contribution in [0.4, 0.5) is 4.39 Å². The molecule has 0 bridgehead atoms. The van der Waals surface area contributed by atoms with E-state index in [1.165, 1.54) is 6.07 Å². The third kappa shape index (κ3) is 3.05. The second kappa shape index (κ2) is 6.05. The number of hydrogen-bond acceptors (Lipinski definition) is 1. The molecule has 0 amide bonds. The molecule has 1 aliphatic carbocycles. The average molecular weight is 288 g/mol. The van der Waals surface area contributed by atoms with E-state index >= 15 is 0 Å². The molecule has 2 rings (SSSR count). The van der Waals surface area contributed by atoms with Gasteiger partial charge in [0, 0.05) is 22.7 Å². The van der Waals surface area contributed by atoms with Gasteiger partial charge in [-0.05, 0) is 38.3 Å². The summed E-state index contributed by atoms with van der Waals surface area (Å²) >= 11 is 12.1. The number of rotatable bonds is 3. The highest BCUT2D eigenvalue weighted by molar-refractivity contribution is 6.36. The van der Waals surface area contributed by atoms with Crippen molar-refractivity contribution in [1.29, 1.82) is 0 Å². The molecular formula is C14H16Cl2FN. The molecule has 1 aromatic rings. The topological polar surface area (TPSA) is 12.0 Å². The fourth-order valence-electron chi connectivity index (χ4n) is 2.32. The predicted octanol–water partition coefficient (Wildman–Crippen LogP) is 4.89. The molecule has 0 radical (unpaired) electrons. The molecule has 0 fully saturated rings. The van der Waals surface area contributed by atoms with Crippen molar-refractivity contribution in [3.63, 3.8) is 0 Å². The molecule has 0 saturated heterocycles. The molecule has 0 aromatic heterocycles. The van der Waals surface area contributed by atoms with Crippen molar-refractivity contribution in [2.75, 3.05) is 0 Å². The van der Waals surface area contributed by atoms with Crippen LogP contribution in [0.15, 0.2) is 24.3 Å². The number of hydrogen-bond donors (Lipinski definition) is 1. The maximum absolute atomic E-state index is 13.5. The molecule has 2 atom stereocenters. The van der Waals surface area contributed by atoms with Crippen molar-refractivity contribution in [3.05, 3.63) is 45.7 Å². The quantitative estimate of drug-likeness (QED) is 0.616. The van der Waals surface area contributed by atoms with Crippen LogP contribution in [0.25, 0.3) is 0 Å². The SMILES string of the molecule is CC(NC1CC=CCC1)c1c(Cl)ccc(F)c1Cl. The van der Waals surface area contributed by atoms with Gasteiger partial charge in [-0.1, -0.05) is 35.4 Å². The van der Waals surface area contributed by atoms with Crippen molar-refractivity contribution >= 4 is 23.2 Å². The van der Waals surface area contributed by atoms with Crippen molar-refractivity contribution in [3.8, 4) is 0 Å². The van der Waals surface area contributed by atoms with Gasteiger partial charge in [-0.25, -0.2) is 4.39 Å². The molecule has 98 valence electrons. The van der Waals surface area contributed by atoms with E-state index in [0.717, 1.165) is 19.3 Å². The van der Waals surface area contributed by atoms with Gasteiger partial charge in [-0.3, -0.25) is 0 Å². The molecule has 0 saturated carbocycles. The Labute approximate surface area is 117 Å². The zero-order chi connectivity index (χ0) is 13.1. The first-order valence-corrected chi connectivity index (χ1v) is 6.89. The fourth-order valence-corrected chi connectivity index (χ4v) is 3.02. The van der Waals surface area contributed by atoms with Crippen LogP contribution < -0.4 is 5.32 Å². The second-order valence-corrected chi connectivity index (χ2v) is 5.41. The first kappa shape index (κ1) is 13.9. The monoisotopic (exact) mass is 287 g/mol. The lowest BCUT2D eigenvalue weighted by Crippen LogP contribution is -2.32. The Kier molecular flexibility index (Phi) is 4.66. The third-order valence-corrected chi connectivity index (χ3v) is 3.98. The summed E-state index contributed by atoms with van der Waals surface area (Å²) in [6, 6.07) is 3.19. The lowest BCUT2D eigenvalue weighted by Gasteiger charge is -2.25. The summed E-state index contributed by atoms with van der Waals surface area (Å²) in [5.74, 6) is -0.423. The average Bonchev–Trinajstić information content (AvgIpc) is 2.36. The maximum atomic E-state index is 13.5. The Bertz CT molecular complexity index is 459. The first-order chi connectivity index (χ1) is 8.59. The van der Waals surface area contributed by atoms with E-state index in [0.29, 0.717) is 16.6 Å². The highest BCUT2D eigenvalue weighted by Crippen LogP contribution is 2.33. The molecule has 0 heterocycles. The fraction of sp³-hybridized carbons (Fsp3) is 0.429. The molecule has 1 aliphatic rings. The van der Waals surface area contributed by atoms with Crippen LogP contribution in [0.3, 0.4) is 0 Å². The van der Waals surface area contributed by atoms with E-state index in [2.05, 4.69) is 17.5 Å². The van der Waals surface area contributed by atoms with E-state index in [1.807, 2.05) is 6.92 Å². The van der Waals surface area contributed by atoms with E-state index in [4.69, 9.17) is 23.2 Å². The molecule has 1 nitrogen and oxygen atoms in total. The van der Waals surface area contributed by atoms with Gasteiger partial charge in [0.05, 0.1) is 5.02 Å². The van der Waals surface area contributed by atoms with Crippen LogP contribution in [-0.2, 0) is 0 Å². The predicted molar refractivity (Wildman–Crippen MR) is 74.7 cm³/mol. The summed E-state index contributed by atoms with van der Waals surface area (Å²) in [6.07, 6.45) is 7.52. The zero-order valence-corrected chi connectivity index (χ0v) is 11.7. The Hall–Kier alpha value is -0.570. The maximum Gasteiger partial charge on any atom is 0.142 e. The molecule has 0 aliphatic heterocycles. The van der Waals surface area contributed by atoms with Crippen LogP contribution in [0.5, 0.6) is 0 Å². The standard InChI is InChI=1S/C14H16Cl2FN/c1-9(18-10-5-3-2-4-6-10)13-11(15)7-8-12(17)14(13)16/h2-3,7-10,18H,4-6H2,1H3. The Morgan fingerprint density at radius 3 is 2.78 bits per heavy atom. The minimum absolute atomic E-state index is 0.0581. The van der Waals surface area contributed by atoms with Gasteiger partial charge in [0.15, 0.2) is 0 Å². The highest BCUT2D eigenvalue weighted by atomic mass is 35.5. The minimum Gasteiger partial charge on any atom is -0.307 e. The molecule has 18 heavy (non-hydrogen) atoms. The Morgan fingerprint density at radius 2 is 2.11 bits per heavy atom. The number of nitrogens with one attached hydrogen (secondary N) is 1. The van der Waals surface area contributed by atoms with Crippen molar-refractivity contribution in [1.82, 2.24) is 5.32 Å². The number of benzene rings is 1. The van der Waals surface area contributed by atoms with Crippen LogP contribution in [0.1, 0.15) is 37.8 Å². The van der Waals surface area contributed by atoms with Crippen LogP contribution in [0.2, 0.25) is 10.0 Å². The van der Waals surface area contributed by atoms with Crippen LogP contribution >= 0.6 is 23.2 Å². The van der Waals surface area contributed by atoms with Gasteiger partial charge in [-0.2, -0.15) is 0 Å². The molecule has 4 heteroatoms. The highest BCUT2D eigenvalue weighted by Gasteiger charge is 2.20. The van der Waals surface area contributed by atoms with Crippen molar-refractivity contribution in [2.24, 2.45) is 0 Å². The Morgan fingerprint density at radius 1 is 1.33 bits per heavy atom. The van der Waals surface area contributed by atoms with Crippen LogP contribution in [0, 0.1) is 5.82 Å². The van der Waals surface area contributed by atoms with Gasteiger partial charge in [0.1, 0.15) is 5.82 Å². The van der Waals surface area contributed by atoms with E-state index in [-0.39, 0.29) is 11.1 Å². The van der Waals surface area contributed by atoms with Gasteiger partial charge < -0.3 is 5.32 Å². The molecule has 2 unspecified atom stereocenters. The van der Waals surface area contributed by atoms with Gasteiger partial charge in [-0.15, -0.1) is 0 Å².